The molecule has 106 valence electrons. The van der Waals surface area contributed by atoms with E-state index in [0.29, 0.717) is 11.1 Å². The van der Waals surface area contributed by atoms with Gasteiger partial charge in [-0.05, 0) is 42.3 Å². The van der Waals surface area contributed by atoms with Gasteiger partial charge in [-0.1, -0.05) is 25.4 Å². The zero-order chi connectivity index (χ0) is 14.5. The molecule has 1 N–H and O–H groups in total. The minimum absolute atomic E-state index is 0.443. The number of ether oxygens (including phenoxy) is 1. The molecule has 0 fully saturated rings. The number of nitrogens with one attached hydrogen (secondary N) is 1. The molecular weight excluding hydrogens is 272 g/mol. The third-order valence-corrected chi connectivity index (χ3v) is 3.08. The maximum absolute atomic E-state index is 5.94. The van der Waals surface area contributed by atoms with Gasteiger partial charge >= 0.3 is 0 Å². The lowest BCUT2D eigenvalue weighted by Crippen LogP contribution is -2.21. The summed E-state index contributed by atoms with van der Waals surface area (Å²) in [5.74, 6) is 1.53. The van der Waals surface area contributed by atoms with Crippen molar-refractivity contribution in [2.75, 3.05) is 0 Å². The number of hydrogen-bond donors (Lipinski definition) is 1. The molecule has 0 aliphatic heterocycles. The van der Waals surface area contributed by atoms with Crippen LogP contribution in [0.1, 0.15) is 25.0 Å². The first kappa shape index (κ1) is 14.8. The number of hydrogen-bond acceptors (Lipinski definition) is 3. The summed E-state index contributed by atoms with van der Waals surface area (Å²) in [5.41, 5.74) is 2.10. The number of nitrogens with zero attached hydrogens (tertiary/aromatic N) is 1. The fraction of sp³-hybridized carbons (Fsp3) is 0.312. The average molecular weight is 291 g/mol. The van der Waals surface area contributed by atoms with Crippen LogP contribution in [-0.4, -0.2) is 11.0 Å². The molecule has 0 aliphatic carbocycles. The Balaban J connectivity index is 2.11. The maximum Gasteiger partial charge on any atom is 0.146 e. The van der Waals surface area contributed by atoms with Crippen LogP contribution in [0.2, 0.25) is 5.02 Å². The van der Waals surface area contributed by atoms with Crippen LogP contribution < -0.4 is 10.1 Å². The third kappa shape index (κ3) is 4.22. The molecule has 3 nitrogen and oxygen atoms in total. The van der Waals surface area contributed by atoms with Crippen molar-refractivity contribution in [2.45, 2.75) is 33.4 Å². The molecule has 0 spiro atoms. The monoisotopic (exact) mass is 290 g/mol. The second-order valence-corrected chi connectivity index (χ2v) is 5.51. The fourth-order valence-electron chi connectivity index (χ4n) is 1.79. The first-order chi connectivity index (χ1) is 9.54. The van der Waals surface area contributed by atoms with Gasteiger partial charge in [-0.2, -0.15) is 0 Å². The van der Waals surface area contributed by atoms with Gasteiger partial charge in [0, 0.05) is 23.8 Å². The van der Waals surface area contributed by atoms with Crippen molar-refractivity contribution in [1.29, 1.82) is 0 Å². The minimum Gasteiger partial charge on any atom is -0.455 e. The largest absolute Gasteiger partial charge is 0.455 e. The van der Waals surface area contributed by atoms with Gasteiger partial charge in [-0.15, -0.1) is 0 Å². The lowest BCUT2D eigenvalue weighted by atomic mass is 10.2. The van der Waals surface area contributed by atoms with E-state index >= 15 is 0 Å². The van der Waals surface area contributed by atoms with Crippen LogP contribution >= 0.6 is 11.6 Å². The van der Waals surface area contributed by atoms with Gasteiger partial charge in [-0.25, -0.2) is 0 Å². The van der Waals surface area contributed by atoms with E-state index in [-0.39, 0.29) is 0 Å². The Morgan fingerprint density at radius 2 is 2.05 bits per heavy atom. The van der Waals surface area contributed by atoms with Crippen molar-refractivity contribution in [3.8, 4) is 11.5 Å². The summed E-state index contributed by atoms with van der Waals surface area (Å²) >= 11 is 5.94. The van der Waals surface area contributed by atoms with Gasteiger partial charge in [0.1, 0.15) is 11.5 Å². The molecule has 0 bridgehead atoms. The van der Waals surface area contributed by atoms with Crippen molar-refractivity contribution in [2.24, 2.45) is 0 Å². The Morgan fingerprint density at radius 3 is 2.75 bits per heavy atom. The number of pyridine rings is 1. The molecule has 20 heavy (non-hydrogen) atoms. The summed E-state index contributed by atoms with van der Waals surface area (Å²) in [4.78, 5) is 4.21. The maximum atomic E-state index is 5.94. The van der Waals surface area contributed by atoms with E-state index in [1.54, 1.807) is 6.20 Å². The molecule has 0 aliphatic rings. The van der Waals surface area contributed by atoms with Crippen LogP contribution in [-0.2, 0) is 6.54 Å². The predicted molar refractivity (Wildman–Crippen MR) is 82.5 cm³/mol. The lowest BCUT2D eigenvalue weighted by Gasteiger charge is -2.11. The van der Waals surface area contributed by atoms with Gasteiger partial charge in [0.05, 0.1) is 6.20 Å². The van der Waals surface area contributed by atoms with Crippen LogP contribution in [0.3, 0.4) is 0 Å². The Kier molecular flexibility index (Phi) is 4.99. The zero-order valence-electron chi connectivity index (χ0n) is 12.0. The molecule has 0 saturated carbocycles. The first-order valence-corrected chi connectivity index (χ1v) is 7.03. The number of benzene rings is 1. The number of halogens is 1. The van der Waals surface area contributed by atoms with E-state index in [1.165, 1.54) is 0 Å². The molecule has 0 saturated heterocycles. The van der Waals surface area contributed by atoms with Crippen LogP contribution in [0.15, 0.2) is 36.7 Å². The van der Waals surface area contributed by atoms with Crippen LogP contribution in [0.25, 0.3) is 0 Å². The number of aryl methyl sites for hydroxylation is 1. The van der Waals surface area contributed by atoms with E-state index in [2.05, 4.69) is 24.1 Å². The highest BCUT2D eigenvalue weighted by molar-refractivity contribution is 6.30. The molecule has 2 aromatic rings. The molecule has 0 unspecified atom stereocenters. The topological polar surface area (TPSA) is 34.1 Å². The van der Waals surface area contributed by atoms with Gasteiger partial charge in [-0.3, -0.25) is 4.98 Å². The lowest BCUT2D eigenvalue weighted by molar-refractivity contribution is 0.474. The molecule has 2 rings (SSSR count). The normalized spacial score (nSPS) is 10.8. The SMILES string of the molecule is Cc1cc(Cl)ccc1Oc1cncc(CNC(C)C)c1. The quantitative estimate of drug-likeness (QED) is 0.890. The fourth-order valence-corrected chi connectivity index (χ4v) is 2.02. The van der Waals surface area contributed by atoms with Crippen molar-refractivity contribution in [3.63, 3.8) is 0 Å². The minimum atomic E-state index is 0.443. The van der Waals surface area contributed by atoms with Crippen molar-refractivity contribution < 1.29 is 4.74 Å². The first-order valence-electron chi connectivity index (χ1n) is 6.66. The Morgan fingerprint density at radius 1 is 1.25 bits per heavy atom. The summed E-state index contributed by atoms with van der Waals surface area (Å²) in [6, 6.07) is 8.02. The highest BCUT2D eigenvalue weighted by atomic mass is 35.5. The van der Waals surface area contributed by atoms with E-state index in [4.69, 9.17) is 16.3 Å². The van der Waals surface area contributed by atoms with Crippen LogP contribution in [0, 0.1) is 6.92 Å². The summed E-state index contributed by atoms with van der Waals surface area (Å²) < 4.78 is 5.86. The molecular formula is C16H19ClN2O. The molecule has 1 heterocycles. The summed E-state index contributed by atoms with van der Waals surface area (Å²) in [7, 11) is 0. The highest BCUT2D eigenvalue weighted by Crippen LogP contribution is 2.27. The number of aromatic nitrogens is 1. The standard InChI is InChI=1S/C16H19ClN2O/c1-11(2)19-9-13-7-15(10-18-8-13)20-16-5-4-14(17)6-12(16)3/h4-8,10-11,19H,9H2,1-3H3. The molecule has 4 heteroatoms. The van der Waals surface area contributed by atoms with Crippen molar-refractivity contribution >= 4 is 11.6 Å². The smallest absolute Gasteiger partial charge is 0.146 e. The summed E-state index contributed by atoms with van der Waals surface area (Å²) in [5, 5.41) is 4.07. The molecule has 0 amide bonds. The Hall–Kier alpha value is -1.58. The van der Waals surface area contributed by atoms with Crippen LogP contribution in [0.5, 0.6) is 11.5 Å². The summed E-state index contributed by atoms with van der Waals surface area (Å²) in [6.45, 7) is 6.98. The van der Waals surface area contributed by atoms with E-state index in [0.717, 1.165) is 29.2 Å². The molecule has 1 aromatic carbocycles. The van der Waals surface area contributed by atoms with E-state index in [9.17, 15) is 0 Å². The average Bonchev–Trinajstić information content (AvgIpc) is 2.40. The van der Waals surface area contributed by atoms with Gasteiger partial charge in [0.2, 0.25) is 0 Å². The van der Waals surface area contributed by atoms with Crippen molar-refractivity contribution in [1.82, 2.24) is 10.3 Å². The third-order valence-electron chi connectivity index (χ3n) is 2.85. The Bertz CT molecular complexity index is 584. The van der Waals surface area contributed by atoms with Gasteiger partial charge in [0.15, 0.2) is 0 Å². The Labute approximate surface area is 124 Å². The summed E-state index contributed by atoms with van der Waals surface area (Å²) in [6.07, 6.45) is 3.56. The van der Waals surface area contributed by atoms with Crippen LogP contribution in [0.4, 0.5) is 0 Å². The van der Waals surface area contributed by atoms with Gasteiger partial charge < -0.3 is 10.1 Å². The van der Waals surface area contributed by atoms with E-state index in [1.807, 2.05) is 37.4 Å². The number of rotatable bonds is 5. The van der Waals surface area contributed by atoms with Gasteiger partial charge in [0.25, 0.3) is 0 Å². The second-order valence-electron chi connectivity index (χ2n) is 5.08. The second kappa shape index (κ2) is 6.73. The van der Waals surface area contributed by atoms with E-state index < -0.39 is 0 Å². The zero-order valence-corrected chi connectivity index (χ0v) is 12.7. The molecule has 0 radical (unpaired) electrons. The molecule has 0 atom stereocenters. The molecule has 1 aromatic heterocycles. The van der Waals surface area contributed by atoms with Crippen molar-refractivity contribution in [3.05, 3.63) is 52.8 Å². The predicted octanol–water partition coefficient (Wildman–Crippen LogP) is 4.33. The highest BCUT2D eigenvalue weighted by Gasteiger charge is 2.04.